The molecule has 0 aliphatic rings. The van der Waals surface area contributed by atoms with E-state index >= 15 is 0 Å². The fourth-order valence-electron chi connectivity index (χ4n) is 2.83. The third kappa shape index (κ3) is 4.45. The topological polar surface area (TPSA) is 49.2 Å². The Morgan fingerprint density at radius 2 is 2.00 bits per heavy atom. The van der Waals surface area contributed by atoms with Crippen LogP contribution in [0.1, 0.15) is 18.3 Å². The van der Waals surface area contributed by atoms with Crippen molar-refractivity contribution in [2.45, 2.75) is 33.1 Å². The third-order valence-corrected chi connectivity index (χ3v) is 4.63. The minimum Gasteiger partial charge on any atom is -0.374 e. The number of halogens is 1. The van der Waals surface area contributed by atoms with Crippen molar-refractivity contribution < 1.29 is 9.47 Å². The summed E-state index contributed by atoms with van der Waals surface area (Å²) in [7, 11) is 0. The quantitative estimate of drug-likeness (QED) is 0.567. The van der Waals surface area contributed by atoms with Crippen molar-refractivity contribution in [2.24, 2.45) is 0 Å². The van der Waals surface area contributed by atoms with Crippen LogP contribution < -0.4 is 0 Å². The van der Waals surface area contributed by atoms with Crippen molar-refractivity contribution in [1.29, 1.82) is 0 Å². The molecule has 25 heavy (non-hydrogen) atoms. The number of fused-ring (bicyclic) bond motifs is 1. The molecule has 1 unspecified atom stereocenters. The zero-order valence-corrected chi connectivity index (χ0v) is 16.1. The largest absolute Gasteiger partial charge is 0.374 e. The van der Waals surface area contributed by atoms with Gasteiger partial charge in [-0.2, -0.15) is 0 Å². The Hall–Kier alpha value is -1.76. The fourth-order valence-corrected chi connectivity index (χ4v) is 3.34. The van der Waals surface area contributed by atoms with Crippen LogP contribution in [0, 0.1) is 6.92 Å². The number of imidazole rings is 1. The first-order valence-corrected chi connectivity index (χ1v) is 9.19. The van der Waals surface area contributed by atoms with E-state index in [9.17, 15) is 0 Å². The maximum atomic E-state index is 5.89. The number of aryl methyl sites for hydroxylation is 1. The van der Waals surface area contributed by atoms with Crippen molar-refractivity contribution in [3.63, 3.8) is 0 Å². The maximum Gasteiger partial charge on any atom is 0.179 e. The molecule has 0 saturated carbocycles. The molecule has 0 saturated heterocycles. The molecule has 0 N–H and O–H groups in total. The number of ether oxygens (including phenoxy) is 2. The van der Waals surface area contributed by atoms with Gasteiger partial charge in [-0.15, -0.1) is 0 Å². The van der Waals surface area contributed by atoms with Crippen molar-refractivity contribution >= 4 is 27.1 Å². The summed E-state index contributed by atoms with van der Waals surface area (Å²) in [5, 5.41) is 0. The zero-order chi connectivity index (χ0) is 17.6. The number of benzene rings is 1. The van der Waals surface area contributed by atoms with Gasteiger partial charge >= 0.3 is 0 Å². The maximum absolute atomic E-state index is 5.89. The molecule has 3 rings (SSSR count). The van der Waals surface area contributed by atoms with E-state index in [0.717, 1.165) is 27.0 Å². The van der Waals surface area contributed by atoms with Gasteiger partial charge in [0.25, 0.3) is 0 Å². The lowest BCUT2D eigenvalue weighted by Crippen LogP contribution is -2.26. The second kappa shape index (κ2) is 8.56. The standard InChI is InChI=1S/C19H22BrN3O2/c1-3-25-16(13-24-12-15-7-5-4-6-8-15)11-23-14(2)22-19-18(23)17(20)9-10-21-19/h4-10,16H,3,11-13H2,1-2H3. The van der Waals surface area contributed by atoms with Crippen molar-refractivity contribution in [3.05, 3.63) is 58.5 Å². The second-order valence-corrected chi connectivity index (χ2v) is 6.67. The number of nitrogens with zero attached hydrogens (tertiary/aromatic N) is 3. The lowest BCUT2D eigenvalue weighted by Gasteiger charge is -2.19. The van der Waals surface area contributed by atoms with Crippen LogP contribution in [-0.2, 0) is 22.6 Å². The van der Waals surface area contributed by atoms with E-state index in [4.69, 9.17) is 9.47 Å². The summed E-state index contributed by atoms with van der Waals surface area (Å²) >= 11 is 3.60. The van der Waals surface area contributed by atoms with E-state index in [2.05, 4.69) is 42.6 Å². The van der Waals surface area contributed by atoms with Crippen LogP contribution in [0.5, 0.6) is 0 Å². The summed E-state index contributed by atoms with van der Waals surface area (Å²) in [6, 6.07) is 12.1. The number of hydrogen-bond acceptors (Lipinski definition) is 4. The number of aromatic nitrogens is 3. The Morgan fingerprint density at radius 3 is 2.76 bits per heavy atom. The SMILES string of the molecule is CCOC(COCc1ccccc1)Cn1c(C)nc2nccc(Br)c21. The van der Waals surface area contributed by atoms with E-state index in [1.165, 1.54) is 0 Å². The lowest BCUT2D eigenvalue weighted by atomic mass is 10.2. The first-order valence-electron chi connectivity index (χ1n) is 8.39. The molecular weight excluding hydrogens is 382 g/mol. The van der Waals surface area contributed by atoms with Gasteiger partial charge in [0.05, 0.1) is 25.9 Å². The Kier molecular flexibility index (Phi) is 6.18. The molecule has 5 nitrogen and oxygen atoms in total. The molecule has 0 aliphatic carbocycles. The van der Waals surface area contributed by atoms with Crippen LogP contribution in [0.4, 0.5) is 0 Å². The number of pyridine rings is 1. The van der Waals surface area contributed by atoms with Crippen LogP contribution in [-0.4, -0.2) is 33.9 Å². The number of hydrogen-bond donors (Lipinski definition) is 0. The summed E-state index contributed by atoms with van der Waals surface area (Å²) in [6.45, 7) is 6.42. The van der Waals surface area contributed by atoms with E-state index < -0.39 is 0 Å². The minimum atomic E-state index is -0.0445. The second-order valence-electron chi connectivity index (χ2n) is 5.81. The summed E-state index contributed by atoms with van der Waals surface area (Å²) in [6.07, 6.45) is 1.71. The average Bonchev–Trinajstić information content (AvgIpc) is 2.93. The van der Waals surface area contributed by atoms with Gasteiger partial charge in [-0.05, 0) is 41.4 Å². The van der Waals surface area contributed by atoms with Gasteiger partial charge in [0.2, 0.25) is 0 Å². The van der Waals surface area contributed by atoms with Gasteiger partial charge in [-0.1, -0.05) is 30.3 Å². The Bertz CT molecular complexity index is 820. The first kappa shape index (κ1) is 18.0. The van der Waals surface area contributed by atoms with Crippen LogP contribution in [0.15, 0.2) is 47.1 Å². The molecule has 2 heterocycles. The summed E-state index contributed by atoms with van der Waals surface area (Å²) < 4.78 is 14.9. The van der Waals surface area contributed by atoms with Crippen LogP contribution in [0.25, 0.3) is 11.2 Å². The Labute approximate surface area is 156 Å². The summed E-state index contributed by atoms with van der Waals surface area (Å²) in [5.41, 5.74) is 2.90. The predicted octanol–water partition coefficient (Wildman–Crippen LogP) is 4.12. The molecule has 6 heteroatoms. The van der Waals surface area contributed by atoms with Crippen molar-refractivity contribution in [1.82, 2.24) is 14.5 Å². The molecule has 0 bridgehead atoms. The van der Waals surface area contributed by atoms with Crippen molar-refractivity contribution in [2.75, 3.05) is 13.2 Å². The molecule has 132 valence electrons. The number of rotatable bonds is 8. The van der Waals surface area contributed by atoms with E-state index in [1.54, 1.807) is 6.20 Å². The van der Waals surface area contributed by atoms with E-state index in [0.29, 0.717) is 26.4 Å². The van der Waals surface area contributed by atoms with Gasteiger partial charge in [-0.25, -0.2) is 9.97 Å². The summed E-state index contributed by atoms with van der Waals surface area (Å²) in [4.78, 5) is 8.89. The molecule has 0 amide bonds. The van der Waals surface area contributed by atoms with Crippen LogP contribution in [0.3, 0.4) is 0 Å². The van der Waals surface area contributed by atoms with E-state index in [1.807, 2.05) is 38.1 Å². The fraction of sp³-hybridized carbons (Fsp3) is 0.368. The van der Waals surface area contributed by atoms with Gasteiger partial charge < -0.3 is 14.0 Å². The molecule has 3 aromatic rings. The molecule has 1 atom stereocenters. The molecule has 0 aliphatic heterocycles. The van der Waals surface area contributed by atoms with Gasteiger partial charge in [0, 0.05) is 17.3 Å². The molecule has 0 radical (unpaired) electrons. The average molecular weight is 404 g/mol. The monoisotopic (exact) mass is 403 g/mol. The lowest BCUT2D eigenvalue weighted by molar-refractivity contribution is -0.0245. The van der Waals surface area contributed by atoms with Gasteiger partial charge in [0.1, 0.15) is 11.3 Å². The molecule has 0 fully saturated rings. The highest BCUT2D eigenvalue weighted by Gasteiger charge is 2.17. The first-order chi connectivity index (χ1) is 12.2. The van der Waals surface area contributed by atoms with Gasteiger partial charge in [0.15, 0.2) is 5.65 Å². The minimum absolute atomic E-state index is 0.0445. The highest BCUT2D eigenvalue weighted by molar-refractivity contribution is 9.10. The van der Waals surface area contributed by atoms with Crippen LogP contribution in [0.2, 0.25) is 0 Å². The molecule has 1 aromatic carbocycles. The molecule has 0 spiro atoms. The third-order valence-electron chi connectivity index (χ3n) is 3.99. The van der Waals surface area contributed by atoms with E-state index in [-0.39, 0.29) is 6.10 Å². The van der Waals surface area contributed by atoms with Crippen molar-refractivity contribution in [3.8, 4) is 0 Å². The summed E-state index contributed by atoms with van der Waals surface area (Å²) in [5.74, 6) is 0.919. The van der Waals surface area contributed by atoms with Gasteiger partial charge in [-0.3, -0.25) is 0 Å². The van der Waals surface area contributed by atoms with Crippen LogP contribution >= 0.6 is 15.9 Å². The smallest absolute Gasteiger partial charge is 0.179 e. The molecular formula is C19H22BrN3O2. The predicted molar refractivity (Wildman–Crippen MR) is 101 cm³/mol. The zero-order valence-electron chi connectivity index (χ0n) is 14.5. The Balaban J connectivity index is 1.70. The molecule has 2 aromatic heterocycles. The normalized spacial score (nSPS) is 12.6. The highest BCUT2D eigenvalue weighted by Crippen LogP contribution is 2.23. The Morgan fingerprint density at radius 1 is 1.20 bits per heavy atom. The highest BCUT2D eigenvalue weighted by atomic mass is 79.9.